The minimum absolute atomic E-state index is 0.302. The highest BCUT2D eigenvalue weighted by Gasteiger charge is 2.07. The SMILES string of the molecule is CC(C)n1cc(Oc2ccc(CCl)cc2Cl)cn1. The van der Waals surface area contributed by atoms with E-state index >= 15 is 0 Å². The van der Waals surface area contributed by atoms with E-state index in [2.05, 4.69) is 18.9 Å². The molecule has 0 spiro atoms. The second-order valence-electron chi connectivity index (χ2n) is 4.25. The lowest BCUT2D eigenvalue weighted by molar-refractivity contribution is 0.477. The molecule has 0 fully saturated rings. The van der Waals surface area contributed by atoms with Crippen molar-refractivity contribution in [2.24, 2.45) is 0 Å². The number of aromatic nitrogens is 2. The zero-order valence-electron chi connectivity index (χ0n) is 10.2. The van der Waals surface area contributed by atoms with E-state index < -0.39 is 0 Å². The molecule has 2 rings (SSSR count). The fraction of sp³-hybridized carbons (Fsp3) is 0.308. The van der Waals surface area contributed by atoms with Crippen LogP contribution in [-0.2, 0) is 5.88 Å². The van der Waals surface area contributed by atoms with E-state index in [1.165, 1.54) is 0 Å². The van der Waals surface area contributed by atoms with Gasteiger partial charge in [-0.05, 0) is 31.5 Å². The standard InChI is InChI=1S/C13H14Cl2N2O/c1-9(2)17-8-11(7-16-17)18-13-4-3-10(6-14)5-12(13)15/h3-5,7-9H,6H2,1-2H3. The largest absolute Gasteiger partial charge is 0.452 e. The van der Waals surface area contributed by atoms with E-state index in [9.17, 15) is 0 Å². The van der Waals surface area contributed by atoms with Gasteiger partial charge in [0.25, 0.3) is 0 Å². The van der Waals surface area contributed by atoms with Crippen molar-refractivity contribution < 1.29 is 4.74 Å². The molecule has 0 radical (unpaired) electrons. The van der Waals surface area contributed by atoms with Crippen molar-refractivity contribution in [1.29, 1.82) is 0 Å². The monoisotopic (exact) mass is 284 g/mol. The highest BCUT2D eigenvalue weighted by Crippen LogP contribution is 2.30. The van der Waals surface area contributed by atoms with E-state index in [1.54, 1.807) is 12.3 Å². The first kappa shape index (κ1) is 13.2. The van der Waals surface area contributed by atoms with Gasteiger partial charge in [-0.2, -0.15) is 5.10 Å². The van der Waals surface area contributed by atoms with Crippen molar-refractivity contribution in [1.82, 2.24) is 9.78 Å². The van der Waals surface area contributed by atoms with Gasteiger partial charge in [-0.1, -0.05) is 17.7 Å². The average molecular weight is 285 g/mol. The molecule has 0 unspecified atom stereocenters. The molecule has 0 aliphatic carbocycles. The average Bonchev–Trinajstić information content (AvgIpc) is 2.80. The molecule has 0 saturated carbocycles. The van der Waals surface area contributed by atoms with Crippen LogP contribution in [0.5, 0.6) is 11.5 Å². The minimum atomic E-state index is 0.302. The highest BCUT2D eigenvalue weighted by atomic mass is 35.5. The fourth-order valence-corrected chi connectivity index (χ4v) is 1.90. The summed E-state index contributed by atoms with van der Waals surface area (Å²) in [5.41, 5.74) is 0.965. The third-order valence-electron chi connectivity index (χ3n) is 2.49. The summed E-state index contributed by atoms with van der Waals surface area (Å²) >= 11 is 11.9. The third-order valence-corrected chi connectivity index (χ3v) is 3.09. The van der Waals surface area contributed by atoms with Crippen LogP contribution in [-0.4, -0.2) is 9.78 Å². The Morgan fingerprint density at radius 1 is 1.39 bits per heavy atom. The number of nitrogens with zero attached hydrogens (tertiary/aromatic N) is 2. The van der Waals surface area contributed by atoms with Gasteiger partial charge in [-0.15, -0.1) is 11.6 Å². The topological polar surface area (TPSA) is 27.1 Å². The van der Waals surface area contributed by atoms with E-state index in [1.807, 2.05) is 23.0 Å². The first-order valence-corrected chi connectivity index (χ1v) is 6.58. The van der Waals surface area contributed by atoms with Gasteiger partial charge in [0.15, 0.2) is 5.75 Å². The van der Waals surface area contributed by atoms with E-state index in [-0.39, 0.29) is 0 Å². The zero-order valence-corrected chi connectivity index (χ0v) is 11.7. The molecule has 1 heterocycles. The predicted octanol–water partition coefficient (Wildman–Crippen LogP) is 4.65. The second kappa shape index (κ2) is 5.63. The molecule has 0 amide bonds. The Hall–Kier alpha value is -1.19. The number of halogens is 2. The van der Waals surface area contributed by atoms with Gasteiger partial charge in [-0.25, -0.2) is 0 Å². The molecular formula is C13H14Cl2N2O. The molecule has 2 aromatic rings. The lowest BCUT2D eigenvalue weighted by atomic mass is 10.2. The molecule has 0 aliphatic rings. The van der Waals surface area contributed by atoms with Crippen molar-refractivity contribution in [3.8, 4) is 11.5 Å². The van der Waals surface area contributed by atoms with Crippen molar-refractivity contribution in [2.75, 3.05) is 0 Å². The molecule has 5 heteroatoms. The maximum Gasteiger partial charge on any atom is 0.165 e. The number of ether oxygens (including phenoxy) is 1. The summed E-state index contributed by atoms with van der Waals surface area (Å²) in [5, 5.41) is 4.75. The number of hydrogen-bond acceptors (Lipinski definition) is 2. The number of hydrogen-bond donors (Lipinski definition) is 0. The van der Waals surface area contributed by atoms with Crippen molar-refractivity contribution in [3.05, 3.63) is 41.2 Å². The summed E-state index contributed by atoms with van der Waals surface area (Å²) in [6, 6.07) is 5.81. The van der Waals surface area contributed by atoms with Crippen LogP contribution >= 0.6 is 23.2 Å². The molecule has 3 nitrogen and oxygen atoms in total. The fourth-order valence-electron chi connectivity index (χ4n) is 1.49. The Kier molecular flexibility index (Phi) is 4.15. The predicted molar refractivity (Wildman–Crippen MR) is 73.7 cm³/mol. The Bertz CT molecular complexity index is 538. The first-order chi connectivity index (χ1) is 8.60. The van der Waals surface area contributed by atoms with Crippen LogP contribution in [0.25, 0.3) is 0 Å². The lowest BCUT2D eigenvalue weighted by Crippen LogP contribution is -1.99. The van der Waals surface area contributed by atoms with Crippen LogP contribution in [0.2, 0.25) is 5.02 Å². The minimum Gasteiger partial charge on any atom is -0.452 e. The van der Waals surface area contributed by atoms with E-state index in [4.69, 9.17) is 27.9 Å². The highest BCUT2D eigenvalue weighted by molar-refractivity contribution is 6.32. The molecule has 0 bridgehead atoms. The van der Waals surface area contributed by atoms with Crippen LogP contribution in [0.15, 0.2) is 30.6 Å². The molecule has 96 valence electrons. The normalized spacial score (nSPS) is 10.9. The summed E-state index contributed by atoms with van der Waals surface area (Å²) in [4.78, 5) is 0. The van der Waals surface area contributed by atoms with Crippen molar-refractivity contribution in [3.63, 3.8) is 0 Å². The molecule has 1 aromatic carbocycles. The Balaban J connectivity index is 2.17. The first-order valence-electron chi connectivity index (χ1n) is 5.66. The molecule has 18 heavy (non-hydrogen) atoms. The zero-order chi connectivity index (χ0) is 13.1. The van der Waals surface area contributed by atoms with Gasteiger partial charge in [0.1, 0.15) is 5.75 Å². The van der Waals surface area contributed by atoms with E-state index in [0.29, 0.717) is 28.4 Å². The van der Waals surface area contributed by atoms with Gasteiger partial charge in [0, 0.05) is 11.9 Å². The Morgan fingerprint density at radius 2 is 2.17 bits per heavy atom. The van der Waals surface area contributed by atoms with Crippen molar-refractivity contribution in [2.45, 2.75) is 25.8 Å². The van der Waals surface area contributed by atoms with Crippen molar-refractivity contribution >= 4 is 23.2 Å². The molecule has 0 saturated heterocycles. The van der Waals surface area contributed by atoms with Crippen LogP contribution in [0.3, 0.4) is 0 Å². The maximum atomic E-state index is 6.12. The lowest BCUT2D eigenvalue weighted by Gasteiger charge is -2.06. The molecule has 0 N–H and O–H groups in total. The summed E-state index contributed by atoms with van der Waals surface area (Å²) < 4.78 is 7.51. The summed E-state index contributed by atoms with van der Waals surface area (Å²) in [6.07, 6.45) is 3.52. The Labute approximate surface area is 116 Å². The quantitative estimate of drug-likeness (QED) is 0.765. The molecular weight excluding hydrogens is 271 g/mol. The summed E-state index contributed by atoms with van der Waals surface area (Å²) in [7, 11) is 0. The maximum absolute atomic E-state index is 6.12. The third kappa shape index (κ3) is 2.98. The van der Waals surface area contributed by atoms with E-state index in [0.717, 1.165) is 5.56 Å². The summed E-state index contributed by atoms with van der Waals surface area (Å²) in [5.74, 6) is 1.71. The van der Waals surface area contributed by atoms with Gasteiger partial charge in [0.2, 0.25) is 0 Å². The molecule has 0 aliphatic heterocycles. The van der Waals surface area contributed by atoms with Crippen LogP contribution in [0.4, 0.5) is 0 Å². The number of benzene rings is 1. The van der Waals surface area contributed by atoms with Crippen LogP contribution in [0.1, 0.15) is 25.5 Å². The Morgan fingerprint density at radius 3 is 2.72 bits per heavy atom. The van der Waals surface area contributed by atoms with Crippen LogP contribution < -0.4 is 4.74 Å². The smallest absolute Gasteiger partial charge is 0.165 e. The van der Waals surface area contributed by atoms with Gasteiger partial charge >= 0.3 is 0 Å². The number of rotatable bonds is 4. The van der Waals surface area contributed by atoms with Gasteiger partial charge < -0.3 is 4.74 Å². The molecule has 1 aromatic heterocycles. The number of alkyl halides is 1. The molecule has 0 atom stereocenters. The van der Waals surface area contributed by atoms with Gasteiger partial charge in [0.05, 0.1) is 17.4 Å². The summed E-state index contributed by atoms with van der Waals surface area (Å²) in [6.45, 7) is 4.11. The second-order valence-corrected chi connectivity index (χ2v) is 4.92. The van der Waals surface area contributed by atoms with Gasteiger partial charge in [-0.3, -0.25) is 4.68 Å². The van der Waals surface area contributed by atoms with Crippen LogP contribution in [0, 0.1) is 0 Å².